The predicted octanol–water partition coefficient (Wildman–Crippen LogP) is 3.20. The molecular weight excluding hydrogens is 467 g/mol. The number of ether oxygens (including phenoxy) is 1. The van der Waals surface area contributed by atoms with E-state index in [1.54, 1.807) is 0 Å². The van der Waals surface area contributed by atoms with Gasteiger partial charge in [-0.15, -0.1) is 0 Å². The normalized spacial score (nSPS) is 12.3. The highest BCUT2D eigenvalue weighted by molar-refractivity contribution is 9.10. The van der Waals surface area contributed by atoms with Gasteiger partial charge in [0.1, 0.15) is 16.0 Å². The number of rotatable bonds is 6. The number of nitrogens with one attached hydrogen (secondary N) is 1. The van der Waals surface area contributed by atoms with E-state index >= 15 is 0 Å². The number of amides is 1. The van der Waals surface area contributed by atoms with Gasteiger partial charge >= 0.3 is 6.61 Å². The number of aromatic nitrogens is 2. The first kappa shape index (κ1) is 20.7. The minimum atomic E-state index is -3.12. The zero-order valence-electron chi connectivity index (χ0n) is 13.1. The zero-order chi connectivity index (χ0) is 19.6. The molecule has 0 spiro atoms. The molecule has 7 nitrogen and oxygen atoms in total. The molecule has 0 radical (unpaired) electrons. The van der Waals surface area contributed by atoms with Crippen molar-refractivity contribution < 1.29 is 31.1 Å². The number of carbonyl (C=O) groups excluding carboxylic acids is 1. The van der Waals surface area contributed by atoms with Crippen LogP contribution < -0.4 is 9.46 Å². The summed E-state index contributed by atoms with van der Waals surface area (Å²) in [5.74, 6) is -2.09. The first-order chi connectivity index (χ1) is 12.1. The van der Waals surface area contributed by atoms with Gasteiger partial charge in [-0.3, -0.25) is 8.98 Å². The second-order valence-corrected chi connectivity index (χ2v) is 6.82. The van der Waals surface area contributed by atoms with E-state index in [-0.39, 0.29) is 32.2 Å². The summed E-state index contributed by atoms with van der Waals surface area (Å²) in [4.78, 5) is 12.1. The molecule has 2 rings (SSSR count). The molecule has 142 valence electrons. The lowest BCUT2D eigenvalue weighted by Crippen LogP contribution is -2.26. The number of carbonyl (C=O) groups is 1. The van der Waals surface area contributed by atoms with Crippen LogP contribution in [0.25, 0.3) is 11.3 Å². The minimum absolute atomic E-state index is 0.0478. The maximum absolute atomic E-state index is 14.3. The lowest BCUT2D eigenvalue weighted by molar-refractivity contribution is -0.0558. The molecule has 1 unspecified atom stereocenters. The van der Waals surface area contributed by atoms with Gasteiger partial charge in [0, 0.05) is 12.6 Å². The molecule has 0 aliphatic rings. The van der Waals surface area contributed by atoms with Gasteiger partial charge in [0.15, 0.2) is 0 Å². The third-order valence-corrected chi connectivity index (χ3v) is 4.71. The first-order valence-electron chi connectivity index (χ1n) is 6.59. The molecule has 0 saturated heterocycles. The van der Waals surface area contributed by atoms with E-state index in [0.717, 1.165) is 23.9 Å². The topological polar surface area (TPSA) is 82.5 Å². The van der Waals surface area contributed by atoms with Crippen LogP contribution >= 0.6 is 27.5 Å². The third kappa shape index (κ3) is 4.37. The molecule has 1 N–H and O–H groups in total. The summed E-state index contributed by atoms with van der Waals surface area (Å²) >= 11 is 6.76. The van der Waals surface area contributed by atoms with Gasteiger partial charge in [0.05, 0.1) is 17.7 Å². The fourth-order valence-corrected chi connectivity index (χ4v) is 3.17. The van der Waals surface area contributed by atoms with E-state index < -0.39 is 29.6 Å². The lowest BCUT2D eigenvalue weighted by Gasteiger charge is -2.08. The van der Waals surface area contributed by atoms with Gasteiger partial charge in [0.25, 0.3) is 17.2 Å². The van der Waals surface area contributed by atoms with E-state index in [4.69, 9.17) is 11.6 Å². The Hall–Kier alpha value is -1.63. The van der Waals surface area contributed by atoms with Crippen LogP contribution in [0.4, 0.5) is 13.2 Å². The molecule has 13 heteroatoms. The number of alkyl halides is 2. The molecule has 1 atom stereocenters. The zero-order valence-corrected chi connectivity index (χ0v) is 16.2. The number of benzene rings is 1. The molecule has 1 aromatic carbocycles. The quantitative estimate of drug-likeness (QED) is 0.692. The summed E-state index contributed by atoms with van der Waals surface area (Å²) in [7, 11) is 2.42. The Morgan fingerprint density at radius 2 is 2.12 bits per heavy atom. The van der Waals surface area contributed by atoms with Crippen molar-refractivity contribution in [2.24, 2.45) is 7.05 Å². The maximum atomic E-state index is 14.3. The van der Waals surface area contributed by atoms with Crippen LogP contribution in [-0.4, -0.2) is 33.6 Å². The average Bonchev–Trinajstić information content (AvgIpc) is 2.82. The largest absolute Gasteiger partial charge is 0.416 e. The molecule has 1 heterocycles. The van der Waals surface area contributed by atoms with Gasteiger partial charge in [-0.25, -0.2) is 18.0 Å². The smallest absolute Gasteiger partial charge is 0.388 e. The molecule has 2 aromatic rings. The van der Waals surface area contributed by atoms with Gasteiger partial charge in [0.2, 0.25) is 5.88 Å². The molecule has 1 aromatic heterocycles. The fourth-order valence-electron chi connectivity index (χ4n) is 1.94. The van der Waals surface area contributed by atoms with Crippen molar-refractivity contribution in [3.05, 3.63) is 33.0 Å². The van der Waals surface area contributed by atoms with Crippen molar-refractivity contribution in [2.45, 2.75) is 6.61 Å². The number of hydrogen-bond acceptors (Lipinski definition) is 5. The molecular formula is C13H10BrClF3N3O4S. The highest BCUT2D eigenvalue weighted by Gasteiger charge is 2.24. The van der Waals surface area contributed by atoms with Gasteiger partial charge in [-0.2, -0.15) is 13.9 Å². The highest BCUT2D eigenvalue weighted by atomic mass is 79.9. The van der Waals surface area contributed by atoms with Crippen molar-refractivity contribution in [1.29, 1.82) is 0 Å². The molecule has 0 fully saturated rings. The van der Waals surface area contributed by atoms with Crippen molar-refractivity contribution in [2.75, 3.05) is 7.11 Å². The van der Waals surface area contributed by atoms with Crippen LogP contribution in [0.2, 0.25) is 5.02 Å². The van der Waals surface area contributed by atoms with Crippen molar-refractivity contribution >= 4 is 44.7 Å². The summed E-state index contributed by atoms with van der Waals surface area (Å²) in [6.07, 6.45) is 0. The number of hydrogen-bond donors (Lipinski definition) is 1. The van der Waals surface area contributed by atoms with Gasteiger partial charge in [-0.05, 0) is 28.1 Å². The van der Waals surface area contributed by atoms with Crippen molar-refractivity contribution in [3.8, 4) is 17.1 Å². The Balaban J connectivity index is 2.53. The fraction of sp³-hybridized carbons (Fsp3) is 0.231. The molecule has 26 heavy (non-hydrogen) atoms. The Morgan fingerprint density at radius 1 is 1.46 bits per heavy atom. The van der Waals surface area contributed by atoms with E-state index in [1.807, 2.05) is 4.72 Å². The lowest BCUT2D eigenvalue weighted by atomic mass is 10.1. The van der Waals surface area contributed by atoms with E-state index in [0.29, 0.717) is 0 Å². The predicted molar refractivity (Wildman–Crippen MR) is 90.6 cm³/mol. The molecule has 0 bridgehead atoms. The molecule has 0 saturated carbocycles. The Labute approximate surface area is 161 Å². The molecule has 0 aliphatic carbocycles. The Kier molecular flexibility index (Phi) is 6.66. The Bertz CT molecular complexity index is 881. The average molecular weight is 477 g/mol. The first-order valence-corrected chi connectivity index (χ1v) is 8.84. The monoisotopic (exact) mass is 475 g/mol. The summed E-state index contributed by atoms with van der Waals surface area (Å²) in [5.41, 5.74) is -0.532. The van der Waals surface area contributed by atoms with Crippen molar-refractivity contribution in [1.82, 2.24) is 14.5 Å². The third-order valence-electron chi connectivity index (χ3n) is 3.02. The van der Waals surface area contributed by atoms with Gasteiger partial charge in [-0.1, -0.05) is 11.6 Å². The van der Waals surface area contributed by atoms with E-state index in [9.17, 15) is 22.2 Å². The van der Waals surface area contributed by atoms with Crippen LogP contribution in [-0.2, 0) is 22.5 Å². The summed E-state index contributed by atoms with van der Waals surface area (Å²) < 4.78 is 62.2. The SMILES string of the molecule is COS(=O)NC(=O)c1cc(-c2nn(C)c(OC(F)F)c2Br)c(F)cc1Cl. The van der Waals surface area contributed by atoms with Crippen LogP contribution in [0.5, 0.6) is 5.88 Å². The maximum Gasteiger partial charge on any atom is 0.388 e. The van der Waals surface area contributed by atoms with E-state index in [2.05, 4.69) is 29.9 Å². The number of nitrogens with zero attached hydrogens (tertiary/aromatic N) is 2. The Morgan fingerprint density at radius 3 is 2.69 bits per heavy atom. The highest BCUT2D eigenvalue weighted by Crippen LogP contribution is 2.38. The van der Waals surface area contributed by atoms with Crippen LogP contribution in [0.3, 0.4) is 0 Å². The van der Waals surface area contributed by atoms with E-state index in [1.165, 1.54) is 7.05 Å². The van der Waals surface area contributed by atoms with Gasteiger partial charge < -0.3 is 4.74 Å². The standard InChI is InChI=1S/C13H10BrClF3N3O4S/c1-21-12(25-13(17)18)9(14)10(19-21)6-3-5(7(15)4-8(6)16)11(22)20-26(23)24-2/h3-4,13H,1-2H3,(H,20,22). The second kappa shape index (κ2) is 8.37. The number of aryl methyl sites for hydroxylation is 1. The molecule has 0 aliphatic heterocycles. The van der Waals surface area contributed by atoms with Crippen LogP contribution in [0.1, 0.15) is 10.4 Å². The molecule has 1 amide bonds. The summed E-state index contributed by atoms with van der Waals surface area (Å²) in [6, 6.07) is 1.88. The summed E-state index contributed by atoms with van der Waals surface area (Å²) in [6.45, 7) is -3.12. The summed E-state index contributed by atoms with van der Waals surface area (Å²) in [5, 5.41) is 3.66. The minimum Gasteiger partial charge on any atom is -0.416 e. The number of halogens is 5. The second-order valence-electron chi connectivity index (χ2n) is 4.61. The van der Waals surface area contributed by atoms with Crippen LogP contribution in [0, 0.1) is 5.82 Å². The van der Waals surface area contributed by atoms with Crippen molar-refractivity contribution in [3.63, 3.8) is 0 Å². The van der Waals surface area contributed by atoms with Crippen LogP contribution in [0.15, 0.2) is 16.6 Å².